The van der Waals surface area contributed by atoms with Gasteiger partial charge in [0.2, 0.25) is 5.88 Å². The van der Waals surface area contributed by atoms with Crippen LogP contribution in [0.3, 0.4) is 0 Å². The van der Waals surface area contributed by atoms with Crippen LogP contribution in [-0.2, 0) is 17.6 Å². The van der Waals surface area contributed by atoms with E-state index in [1.165, 1.54) is 16.8 Å². The van der Waals surface area contributed by atoms with Crippen molar-refractivity contribution in [3.8, 4) is 5.88 Å². The Bertz CT molecular complexity index is 794. The summed E-state index contributed by atoms with van der Waals surface area (Å²) < 4.78 is 5.56. The molecule has 0 saturated carbocycles. The fraction of sp³-hybridized carbons (Fsp3) is 0.500. The van der Waals surface area contributed by atoms with Crippen molar-refractivity contribution in [2.24, 2.45) is 0 Å². The Morgan fingerprint density at radius 1 is 1.29 bits per heavy atom. The van der Waals surface area contributed by atoms with Crippen molar-refractivity contribution in [3.05, 3.63) is 16.8 Å². The largest absolute Gasteiger partial charge is 0.467 e. The Morgan fingerprint density at radius 3 is 2.83 bits per heavy atom. The van der Waals surface area contributed by atoms with Gasteiger partial charge < -0.3 is 10.1 Å². The number of hydrogen-bond donors (Lipinski definition) is 2. The van der Waals surface area contributed by atoms with Gasteiger partial charge in [0.15, 0.2) is 6.61 Å². The third kappa shape index (κ3) is 3.64. The van der Waals surface area contributed by atoms with Crippen LogP contribution in [0.1, 0.15) is 37.6 Å². The number of ether oxygens (including phenoxy) is 1. The van der Waals surface area contributed by atoms with Crippen LogP contribution in [0, 0.1) is 0 Å². The zero-order valence-electron chi connectivity index (χ0n) is 13.9. The zero-order chi connectivity index (χ0) is 17.3. The first-order valence-electron chi connectivity index (χ1n) is 7.83. The highest BCUT2D eigenvalue weighted by molar-refractivity contribution is 7.18. The Kier molecular flexibility index (Phi) is 4.40. The van der Waals surface area contributed by atoms with Gasteiger partial charge in [-0.25, -0.2) is 14.8 Å². The number of carbonyl (C=O) groups excluding carboxylic acids is 2. The minimum atomic E-state index is -0.541. The van der Waals surface area contributed by atoms with Crippen molar-refractivity contribution >= 4 is 33.5 Å². The molecule has 0 unspecified atom stereocenters. The van der Waals surface area contributed by atoms with E-state index >= 15 is 0 Å². The van der Waals surface area contributed by atoms with Gasteiger partial charge in [-0.05, 0) is 45.6 Å². The molecule has 0 spiro atoms. The topological polar surface area (TPSA) is 93.2 Å². The first kappa shape index (κ1) is 16.6. The number of thiophene rings is 1. The smallest absolute Gasteiger partial charge is 0.321 e. The Labute approximate surface area is 143 Å². The molecule has 24 heavy (non-hydrogen) atoms. The van der Waals surface area contributed by atoms with Gasteiger partial charge in [-0.3, -0.25) is 10.1 Å². The Balaban J connectivity index is 1.66. The van der Waals surface area contributed by atoms with Crippen molar-refractivity contribution < 1.29 is 14.3 Å². The maximum Gasteiger partial charge on any atom is 0.321 e. The number of imide groups is 1. The van der Waals surface area contributed by atoms with E-state index in [0.29, 0.717) is 5.88 Å². The predicted octanol–water partition coefficient (Wildman–Crippen LogP) is 2.18. The lowest BCUT2D eigenvalue weighted by Gasteiger charge is -2.20. The molecule has 0 saturated heterocycles. The molecule has 0 atom stereocenters. The van der Waals surface area contributed by atoms with Crippen molar-refractivity contribution in [1.29, 1.82) is 0 Å². The molecule has 0 bridgehead atoms. The van der Waals surface area contributed by atoms with E-state index < -0.39 is 17.5 Å². The number of carbonyl (C=O) groups is 2. The van der Waals surface area contributed by atoms with Gasteiger partial charge in [-0.1, -0.05) is 0 Å². The van der Waals surface area contributed by atoms with E-state index in [4.69, 9.17) is 4.74 Å². The molecular weight excluding hydrogens is 328 g/mol. The first-order chi connectivity index (χ1) is 11.3. The predicted molar refractivity (Wildman–Crippen MR) is 91.4 cm³/mol. The second-order valence-electron chi connectivity index (χ2n) is 6.76. The van der Waals surface area contributed by atoms with E-state index in [-0.39, 0.29) is 6.61 Å². The van der Waals surface area contributed by atoms with Gasteiger partial charge in [-0.2, -0.15) is 0 Å². The monoisotopic (exact) mass is 348 g/mol. The lowest BCUT2D eigenvalue weighted by atomic mass is 10.1. The summed E-state index contributed by atoms with van der Waals surface area (Å²) in [7, 11) is 0. The second-order valence-corrected chi connectivity index (χ2v) is 7.84. The SMILES string of the molecule is CC(C)(C)NC(=O)NC(=O)COc1ncnc2sc3c(c12)CCC3. The number of fused-ring (bicyclic) bond motifs is 3. The number of hydrogen-bond acceptors (Lipinski definition) is 6. The summed E-state index contributed by atoms with van der Waals surface area (Å²) in [6.45, 7) is 5.24. The molecule has 1 aliphatic carbocycles. The van der Waals surface area contributed by atoms with Gasteiger partial charge in [0.05, 0.1) is 5.39 Å². The molecule has 7 nitrogen and oxygen atoms in total. The molecule has 1 aliphatic rings. The third-order valence-corrected chi connectivity index (χ3v) is 4.75. The molecule has 0 radical (unpaired) electrons. The van der Waals surface area contributed by atoms with E-state index in [1.54, 1.807) is 11.3 Å². The van der Waals surface area contributed by atoms with Crippen LogP contribution in [0.15, 0.2) is 6.33 Å². The Hall–Kier alpha value is -2.22. The number of rotatable bonds is 3. The minimum Gasteiger partial charge on any atom is -0.467 e. The Morgan fingerprint density at radius 2 is 2.08 bits per heavy atom. The highest BCUT2D eigenvalue weighted by atomic mass is 32.1. The molecule has 0 aromatic carbocycles. The number of aryl methyl sites for hydroxylation is 2. The van der Waals surface area contributed by atoms with Gasteiger partial charge in [0.1, 0.15) is 11.2 Å². The van der Waals surface area contributed by atoms with Gasteiger partial charge in [0, 0.05) is 10.4 Å². The van der Waals surface area contributed by atoms with E-state index in [1.807, 2.05) is 20.8 Å². The molecule has 3 amide bonds. The van der Waals surface area contributed by atoms with Crippen molar-refractivity contribution in [3.63, 3.8) is 0 Å². The molecular formula is C16H20N4O3S. The highest BCUT2D eigenvalue weighted by Crippen LogP contribution is 2.39. The van der Waals surface area contributed by atoms with Gasteiger partial charge in [0.25, 0.3) is 5.91 Å². The second kappa shape index (κ2) is 6.35. The lowest BCUT2D eigenvalue weighted by Crippen LogP contribution is -2.49. The van der Waals surface area contributed by atoms with Crippen LogP contribution in [-0.4, -0.2) is 34.1 Å². The molecule has 0 aliphatic heterocycles. The lowest BCUT2D eigenvalue weighted by molar-refractivity contribution is -0.122. The normalized spacial score (nSPS) is 13.6. The number of amides is 3. The third-order valence-electron chi connectivity index (χ3n) is 3.55. The molecule has 2 aromatic rings. The maximum absolute atomic E-state index is 11.9. The van der Waals surface area contributed by atoms with E-state index in [2.05, 4.69) is 20.6 Å². The molecule has 128 valence electrons. The van der Waals surface area contributed by atoms with Crippen molar-refractivity contribution in [2.45, 2.75) is 45.6 Å². The van der Waals surface area contributed by atoms with Crippen LogP contribution < -0.4 is 15.4 Å². The van der Waals surface area contributed by atoms with Gasteiger partial charge >= 0.3 is 6.03 Å². The summed E-state index contributed by atoms with van der Waals surface area (Å²) in [5.74, 6) is -0.110. The number of nitrogens with zero attached hydrogens (tertiary/aromatic N) is 2. The molecule has 8 heteroatoms. The molecule has 2 heterocycles. The van der Waals surface area contributed by atoms with Crippen LogP contribution in [0.5, 0.6) is 5.88 Å². The summed E-state index contributed by atoms with van der Waals surface area (Å²) in [5, 5.41) is 5.81. The summed E-state index contributed by atoms with van der Waals surface area (Å²) in [5.41, 5.74) is 0.817. The molecule has 0 fully saturated rings. The van der Waals surface area contributed by atoms with Crippen LogP contribution in [0.25, 0.3) is 10.2 Å². The first-order valence-corrected chi connectivity index (χ1v) is 8.65. The fourth-order valence-corrected chi connectivity index (χ4v) is 3.90. The minimum absolute atomic E-state index is 0.270. The number of nitrogens with one attached hydrogen (secondary N) is 2. The maximum atomic E-state index is 11.9. The van der Waals surface area contributed by atoms with Crippen LogP contribution in [0.2, 0.25) is 0 Å². The average molecular weight is 348 g/mol. The summed E-state index contributed by atoms with van der Waals surface area (Å²) in [6, 6.07) is -0.541. The number of urea groups is 1. The molecule has 2 aromatic heterocycles. The standard InChI is InChI=1S/C16H20N4O3S/c1-16(2,3)20-15(22)19-11(21)7-23-13-12-9-5-4-6-10(9)24-14(12)18-8-17-13/h8H,4-7H2,1-3H3,(H2,19,20,21,22). The van der Waals surface area contributed by atoms with E-state index in [0.717, 1.165) is 29.5 Å². The highest BCUT2D eigenvalue weighted by Gasteiger charge is 2.22. The van der Waals surface area contributed by atoms with Crippen molar-refractivity contribution in [1.82, 2.24) is 20.6 Å². The van der Waals surface area contributed by atoms with Gasteiger partial charge in [-0.15, -0.1) is 11.3 Å². The summed E-state index contributed by atoms with van der Waals surface area (Å²) in [6.07, 6.45) is 4.61. The molecule has 3 rings (SSSR count). The summed E-state index contributed by atoms with van der Waals surface area (Å²) in [4.78, 5) is 34.2. The van der Waals surface area contributed by atoms with Crippen LogP contribution >= 0.6 is 11.3 Å². The van der Waals surface area contributed by atoms with Crippen LogP contribution in [0.4, 0.5) is 4.79 Å². The quantitative estimate of drug-likeness (QED) is 0.887. The van der Waals surface area contributed by atoms with E-state index in [9.17, 15) is 9.59 Å². The van der Waals surface area contributed by atoms with Crippen molar-refractivity contribution in [2.75, 3.05) is 6.61 Å². The zero-order valence-corrected chi connectivity index (χ0v) is 14.7. The number of aromatic nitrogens is 2. The average Bonchev–Trinajstić information content (AvgIpc) is 3.03. The fourth-order valence-electron chi connectivity index (χ4n) is 2.68. The summed E-state index contributed by atoms with van der Waals surface area (Å²) >= 11 is 1.66. The molecule has 2 N–H and O–H groups in total.